The highest BCUT2D eigenvalue weighted by atomic mass is 32.2. The Morgan fingerprint density at radius 1 is 1.24 bits per heavy atom. The molecule has 3 rings (SSSR count). The Balaban J connectivity index is 1.67. The fourth-order valence-electron chi connectivity index (χ4n) is 3.19. The fourth-order valence-corrected chi connectivity index (χ4v) is 4.30. The van der Waals surface area contributed by atoms with Crippen LogP contribution >= 0.6 is 11.9 Å². The predicted octanol–water partition coefficient (Wildman–Crippen LogP) is 3.44. The first-order valence-electron chi connectivity index (χ1n) is 6.58. The van der Waals surface area contributed by atoms with E-state index in [4.69, 9.17) is 0 Å². The van der Waals surface area contributed by atoms with Gasteiger partial charge in [-0.3, -0.25) is 4.98 Å². The van der Waals surface area contributed by atoms with Gasteiger partial charge in [-0.05, 0) is 62.1 Å². The number of pyridine rings is 1. The van der Waals surface area contributed by atoms with E-state index >= 15 is 0 Å². The lowest BCUT2D eigenvalue weighted by Crippen LogP contribution is -2.13. The molecular weight excluding hydrogens is 228 g/mol. The zero-order chi connectivity index (χ0) is 11.8. The summed E-state index contributed by atoms with van der Waals surface area (Å²) in [4.78, 5) is 5.74. The van der Waals surface area contributed by atoms with Crippen molar-refractivity contribution in [1.82, 2.24) is 9.29 Å². The van der Waals surface area contributed by atoms with E-state index in [0.717, 1.165) is 17.5 Å². The van der Waals surface area contributed by atoms with E-state index in [-0.39, 0.29) is 0 Å². The van der Waals surface area contributed by atoms with Crippen LogP contribution in [0.5, 0.6) is 0 Å². The van der Waals surface area contributed by atoms with Crippen LogP contribution in [0.3, 0.4) is 0 Å². The van der Waals surface area contributed by atoms with Crippen molar-refractivity contribution in [2.75, 3.05) is 13.1 Å². The third-order valence-corrected chi connectivity index (χ3v) is 5.30. The summed E-state index contributed by atoms with van der Waals surface area (Å²) in [5, 5.41) is 0. The lowest BCUT2D eigenvalue weighted by molar-refractivity contribution is 0.494. The first-order chi connectivity index (χ1) is 8.22. The molecule has 0 aromatic carbocycles. The molecule has 0 radical (unpaired) electrons. The first-order valence-corrected chi connectivity index (χ1v) is 7.36. The van der Waals surface area contributed by atoms with E-state index in [1.165, 1.54) is 42.8 Å². The van der Waals surface area contributed by atoms with Crippen molar-refractivity contribution >= 4 is 11.9 Å². The Morgan fingerprint density at radius 2 is 1.94 bits per heavy atom. The third kappa shape index (κ3) is 2.36. The highest BCUT2D eigenvalue weighted by Gasteiger charge is 2.36. The normalized spacial score (nSPS) is 28.6. The molecule has 1 aromatic rings. The largest absolute Gasteiger partial charge is 0.260 e. The molecule has 1 saturated heterocycles. The summed E-state index contributed by atoms with van der Waals surface area (Å²) in [6.45, 7) is 6.81. The van der Waals surface area contributed by atoms with Crippen LogP contribution in [0.1, 0.15) is 30.5 Å². The standard InChI is InChI=1S/C14H20N2S/c1-10-6-11(2)15-7-14(10)17-16-8-12-4-3-5-13(12)9-16/h6-7,12-13H,3-5,8-9H2,1-2H3. The Labute approximate surface area is 108 Å². The Kier molecular flexibility index (Phi) is 3.14. The molecule has 2 unspecified atom stereocenters. The fraction of sp³-hybridized carbons (Fsp3) is 0.643. The van der Waals surface area contributed by atoms with Crippen LogP contribution in [0.25, 0.3) is 0 Å². The molecule has 1 aliphatic heterocycles. The SMILES string of the molecule is Cc1cc(C)c(SN2CC3CCCC3C2)cn1. The molecule has 2 heterocycles. The molecule has 0 spiro atoms. The number of hydrogen-bond acceptors (Lipinski definition) is 3. The van der Waals surface area contributed by atoms with Gasteiger partial charge in [0.1, 0.15) is 0 Å². The van der Waals surface area contributed by atoms with Crippen molar-refractivity contribution in [1.29, 1.82) is 0 Å². The van der Waals surface area contributed by atoms with Gasteiger partial charge in [-0.15, -0.1) is 0 Å². The van der Waals surface area contributed by atoms with E-state index in [1.807, 2.05) is 18.1 Å². The maximum absolute atomic E-state index is 4.41. The van der Waals surface area contributed by atoms with Gasteiger partial charge in [0.05, 0.1) is 0 Å². The van der Waals surface area contributed by atoms with Gasteiger partial charge in [0.25, 0.3) is 0 Å². The molecule has 0 amide bonds. The maximum Gasteiger partial charge on any atom is 0.0443 e. The number of nitrogens with zero attached hydrogens (tertiary/aromatic N) is 2. The summed E-state index contributed by atoms with van der Waals surface area (Å²) in [6.07, 6.45) is 6.39. The number of aromatic nitrogens is 1. The van der Waals surface area contributed by atoms with Gasteiger partial charge in [-0.25, -0.2) is 4.31 Å². The highest BCUT2D eigenvalue weighted by molar-refractivity contribution is 7.97. The quantitative estimate of drug-likeness (QED) is 0.746. The van der Waals surface area contributed by atoms with Gasteiger partial charge in [0, 0.05) is 29.9 Å². The summed E-state index contributed by atoms with van der Waals surface area (Å²) < 4.78 is 2.55. The topological polar surface area (TPSA) is 16.1 Å². The lowest BCUT2D eigenvalue weighted by atomic mass is 10.0. The molecular formula is C14H20N2S. The van der Waals surface area contributed by atoms with Crippen molar-refractivity contribution in [3.05, 3.63) is 23.5 Å². The van der Waals surface area contributed by atoms with Gasteiger partial charge in [0.15, 0.2) is 0 Å². The van der Waals surface area contributed by atoms with E-state index in [9.17, 15) is 0 Å². The van der Waals surface area contributed by atoms with Crippen LogP contribution in [-0.4, -0.2) is 22.4 Å². The third-order valence-electron chi connectivity index (χ3n) is 4.12. The smallest absolute Gasteiger partial charge is 0.0443 e. The molecule has 3 heteroatoms. The second kappa shape index (κ2) is 4.62. The summed E-state index contributed by atoms with van der Waals surface area (Å²) in [5.41, 5.74) is 2.48. The zero-order valence-corrected chi connectivity index (χ0v) is 11.5. The van der Waals surface area contributed by atoms with Gasteiger partial charge in [-0.1, -0.05) is 6.42 Å². The minimum Gasteiger partial charge on any atom is -0.260 e. The average Bonchev–Trinajstić information content (AvgIpc) is 2.82. The number of rotatable bonds is 2. The van der Waals surface area contributed by atoms with Gasteiger partial charge >= 0.3 is 0 Å². The molecule has 0 bridgehead atoms. The summed E-state index contributed by atoms with van der Waals surface area (Å²) >= 11 is 1.91. The molecule has 2 atom stereocenters. The Hall–Kier alpha value is -0.540. The zero-order valence-electron chi connectivity index (χ0n) is 10.6. The van der Waals surface area contributed by atoms with Gasteiger partial charge in [0.2, 0.25) is 0 Å². The molecule has 17 heavy (non-hydrogen) atoms. The van der Waals surface area contributed by atoms with Crippen molar-refractivity contribution in [2.24, 2.45) is 11.8 Å². The van der Waals surface area contributed by atoms with Gasteiger partial charge < -0.3 is 0 Å². The summed E-state index contributed by atoms with van der Waals surface area (Å²) in [5.74, 6) is 1.95. The minimum absolute atomic E-state index is 0.973. The number of hydrogen-bond donors (Lipinski definition) is 0. The predicted molar refractivity (Wildman–Crippen MR) is 72.0 cm³/mol. The van der Waals surface area contributed by atoms with Crippen molar-refractivity contribution in [3.63, 3.8) is 0 Å². The Bertz CT molecular complexity index is 407. The maximum atomic E-state index is 4.41. The van der Waals surface area contributed by atoms with E-state index in [1.54, 1.807) is 0 Å². The minimum atomic E-state index is 0.973. The van der Waals surface area contributed by atoms with E-state index in [0.29, 0.717) is 0 Å². The van der Waals surface area contributed by atoms with Crippen LogP contribution in [0.15, 0.2) is 17.2 Å². The molecule has 1 saturated carbocycles. The molecule has 92 valence electrons. The second-order valence-corrected chi connectivity index (χ2v) is 6.62. The molecule has 2 fully saturated rings. The number of fused-ring (bicyclic) bond motifs is 1. The Morgan fingerprint density at radius 3 is 2.59 bits per heavy atom. The van der Waals surface area contributed by atoms with Crippen molar-refractivity contribution in [3.8, 4) is 0 Å². The summed E-state index contributed by atoms with van der Waals surface area (Å²) in [7, 11) is 0. The van der Waals surface area contributed by atoms with E-state index < -0.39 is 0 Å². The number of aryl methyl sites for hydroxylation is 2. The molecule has 1 aliphatic carbocycles. The first kappa shape index (κ1) is 11.5. The second-order valence-electron chi connectivity index (χ2n) is 5.48. The van der Waals surface area contributed by atoms with Crippen LogP contribution in [-0.2, 0) is 0 Å². The molecule has 0 N–H and O–H groups in total. The average molecular weight is 248 g/mol. The van der Waals surface area contributed by atoms with Crippen molar-refractivity contribution in [2.45, 2.75) is 38.0 Å². The summed E-state index contributed by atoms with van der Waals surface area (Å²) in [6, 6.07) is 2.18. The van der Waals surface area contributed by atoms with Crippen LogP contribution in [0, 0.1) is 25.7 Å². The van der Waals surface area contributed by atoms with E-state index in [2.05, 4.69) is 29.2 Å². The van der Waals surface area contributed by atoms with Crippen LogP contribution in [0.2, 0.25) is 0 Å². The molecule has 1 aromatic heterocycles. The molecule has 2 nitrogen and oxygen atoms in total. The highest BCUT2D eigenvalue weighted by Crippen LogP contribution is 2.41. The lowest BCUT2D eigenvalue weighted by Gasteiger charge is -2.16. The van der Waals surface area contributed by atoms with Crippen LogP contribution < -0.4 is 0 Å². The van der Waals surface area contributed by atoms with Crippen LogP contribution in [0.4, 0.5) is 0 Å². The monoisotopic (exact) mass is 248 g/mol. The van der Waals surface area contributed by atoms with Gasteiger partial charge in [-0.2, -0.15) is 0 Å². The molecule has 2 aliphatic rings. The van der Waals surface area contributed by atoms with Crippen molar-refractivity contribution < 1.29 is 0 Å².